The van der Waals surface area contributed by atoms with E-state index in [-0.39, 0.29) is 0 Å². The minimum absolute atomic E-state index is 0.826. The Morgan fingerprint density at radius 2 is 1.75 bits per heavy atom. The minimum atomic E-state index is 0.826. The van der Waals surface area contributed by atoms with Gasteiger partial charge >= 0.3 is 0 Å². The van der Waals surface area contributed by atoms with Crippen molar-refractivity contribution in [2.45, 2.75) is 65.7 Å². The predicted octanol–water partition coefficient (Wildman–Crippen LogP) is 4.66. The van der Waals surface area contributed by atoms with Crippen LogP contribution >= 0.6 is 0 Å². The zero-order valence-electron chi connectivity index (χ0n) is 11.5. The number of unbranched alkanes of at least 4 members (excludes halogenated alkanes) is 2. The first-order valence-electron chi connectivity index (χ1n) is 7.31. The van der Waals surface area contributed by atoms with Gasteiger partial charge in [-0.3, -0.25) is 0 Å². The van der Waals surface area contributed by atoms with Crippen LogP contribution < -0.4 is 0 Å². The number of hydrogen-bond donors (Lipinski definition) is 0. The van der Waals surface area contributed by atoms with Crippen LogP contribution in [0.1, 0.15) is 65.7 Å². The third-order valence-electron chi connectivity index (χ3n) is 4.17. The van der Waals surface area contributed by atoms with Gasteiger partial charge in [-0.25, -0.2) is 0 Å². The van der Waals surface area contributed by atoms with Gasteiger partial charge in [0.25, 0.3) is 0 Å². The Bertz CT molecular complexity index is 167. The molecule has 1 aliphatic rings. The van der Waals surface area contributed by atoms with E-state index in [9.17, 15) is 0 Å². The first-order chi connectivity index (χ1) is 7.74. The van der Waals surface area contributed by atoms with E-state index in [0.29, 0.717) is 0 Å². The Kier molecular flexibility index (Phi) is 7.11. The number of ether oxygens (including phenoxy) is 1. The van der Waals surface area contributed by atoms with E-state index >= 15 is 0 Å². The van der Waals surface area contributed by atoms with Crippen molar-refractivity contribution < 1.29 is 4.74 Å². The molecule has 0 aromatic rings. The molecule has 0 heterocycles. The van der Waals surface area contributed by atoms with Gasteiger partial charge in [0, 0.05) is 13.2 Å². The molecule has 1 fully saturated rings. The van der Waals surface area contributed by atoms with Crippen LogP contribution in [-0.4, -0.2) is 13.2 Å². The molecule has 1 aliphatic carbocycles. The van der Waals surface area contributed by atoms with Crippen LogP contribution in [0.4, 0.5) is 0 Å². The van der Waals surface area contributed by atoms with Gasteiger partial charge in [-0.1, -0.05) is 52.9 Å². The highest BCUT2D eigenvalue weighted by atomic mass is 16.5. The Balaban J connectivity index is 2.14. The monoisotopic (exact) mass is 226 g/mol. The molecule has 0 amide bonds. The van der Waals surface area contributed by atoms with Crippen LogP contribution in [0.5, 0.6) is 0 Å². The lowest BCUT2D eigenvalue weighted by Crippen LogP contribution is -2.17. The van der Waals surface area contributed by atoms with Crippen LogP contribution in [0.25, 0.3) is 0 Å². The number of rotatable bonds is 6. The van der Waals surface area contributed by atoms with Crippen molar-refractivity contribution in [3.05, 3.63) is 0 Å². The maximum Gasteiger partial charge on any atom is 0.0496 e. The maximum absolute atomic E-state index is 5.84. The Morgan fingerprint density at radius 3 is 2.50 bits per heavy atom. The molecule has 1 rings (SSSR count). The smallest absolute Gasteiger partial charge is 0.0496 e. The van der Waals surface area contributed by atoms with Gasteiger partial charge in [0.1, 0.15) is 0 Å². The van der Waals surface area contributed by atoms with Gasteiger partial charge in [-0.15, -0.1) is 0 Å². The summed E-state index contributed by atoms with van der Waals surface area (Å²) in [4.78, 5) is 0. The van der Waals surface area contributed by atoms with Crippen molar-refractivity contribution in [2.24, 2.45) is 17.8 Å². The third-order valence-corrected chi connectivity index (χ3v) is 4.17. The molecule has 0 radical (unpaired) electrons. The van der Waals surface area contributed by atoms with Crippen molar-refractivity contribution in [1.29, 1.82) is 0 Å². The average Bonchev–Trinajstić information content (AvgIpc) is 2.43. The van der Waals surface area contributed by atoms with Crippen molar-refractivity contribution in [3.8, 4) is 0 Å². The summed E-state index contributed by atoms with van der Waals surface area (Å²) in [5.41, 5.74) is 0. The van der Waals surface area contributed by atoms with Crippen LogP contribution in [0.3, 0.4) is 0 Å². The second-order valence-electron chi connectivity index (χ2n) is 5.78. The highest BCUT2D eigenvalue weighted by molar-refractivity contribution is 4.73. The van der Waals surface area contributed by atoms with Gasteiger partial charge < -0.3 is 4.74 Å². The average molecular weight is 226 g/mol. The van der Waals surface area contributed by atoms with E-state index in [1.807, 2.05) is 0 Å². The SMILES string of the molecule is CCCCCOCC1CCC(C)CCC1C. The van der Waals surface area contributed by atoms with Crippen LogP contribution in [-0.2, 0) is 4.74 Å². The maximum atomic E-state index is 5.84. The van der Waals surface area contributed by atoms with Crippen molar-refractivity contribution in [1.82, 2.24) is 0 Å². The van der Waals surface area contributed by atoms with E-state index in [0.717, 1.165) is 31.0 Å². The Hall–Kier alpha value is -0.0400. The molecule has 0 aromatic heterocycles. The first-order valence-corrected chi connectivity index (χ1v) is 7.31. The molecule has 0 bridgehead atoms. The lowest BCUT2D eigenvalue weighted by atomic mass is 9.90. The van der Waals surface area contributed by atoms with Gasteiger partial charge in [0.15, 0.2) is 0 Å². The summed E-state index contributed by atoms with van der Waals surface area (Å²) >= 11 is 0. The Labute approximate surface area is 102 Å². The molecular formula is C15H30O. The molecule has 1 nitrogen and oxygen atoms in total. The van der Waals surface area contributed by atoms with Crippen molar-refractivity contribution in [2.75, 3.05) is 13.2 Å². The summed E-state index contributed by atoms with van der Waals surface area (Å²) in [5.74, 6) is 2.63. The summed E-state index contributed by atoms with van der Waals surface area (Å²) < 4.78 is 5.84. The highest BCUT2D eigenvalue weighted by Crippen LogP contribution is 2.31. The minimum Gasteiger partial charge on any atom is -0.381 e. The lowest BCUT2D eigenvalue weighted by molar-refractivity contribution is 0.0744. The molecule has 96 valence electrons. The van der Waals surface area contributed by atoms with Crippen LogP contribution in [0.2, 0.25) is 0 Å². The number of hydrogen-bond acceptors (Lipinski definition) is 1. The van der Waals surface area contributed by atoms with Crippen LogP contribution in [0.15, 0.2) is 0 Å². The quantitative estimate of drug-likeness (QED) is 0.473. The standard InChI is InChI=1S/C15H30O/c1-4-5-6-11-16-12-15-10-8-13(2)7-9-14(15)3/h13-15H,4-12H2,1-3H3. The van der Waals surface area contributed by atoms with Gasteiger partial charge in [0.2, 0.25) is 0 Å². The fraction of sp³-hybridized carbons (Fsp3) is 1.00. The van der Waals surface area contributed by atoms with Crippen molar-refractivity contribution >= 4 is 0 Å². The fourth-order valence-corrected chi connectivity index (χ4v) is 2.65. The van der Waals surface area contributed by atoms with Crippen LogP contribution in [0, 0.1) is 17.8 Å². The molecule has 1 heteroatoms. The molecule has 0 aliphatic heterocycles. The second-order valence-corrected chi connectivity index (χ2v) is 5.78. The van der Waals surface area contributed by atoms with Gasteiger partial charge in [0.05, 0.1) is 0 Å². The van der Waals surface area contributed by atoms with E-state index < -0.39 is 0 Å². The molecule has 3 atom stereocenters. The fourth-order valence-electron chi connectivity index (χ4n) is 2.65. The van der Waals surface area contributed by atoms with E-state index in [2.05, 4.69) is 20.8 Å². The molecule has 0 spiro atoms. The molecule has 0 N–H and O–H groups in total. The summed E-state index contributed by atoms with van der Waals surface area (Å²) in [6.45, 7) is 9.05. The van der Waals surface area contributed by atoms with E-state index in [1.165, 1.54) is 44.9 Å². The van der Waals surface area contributed by atoms with Gasteiger partial charge in [-0.2, -0.15) is 0 Å². The van der Waals surface area contributed by atoms with Crippen molar-refractivity contribution in [3.63, 3.8) is 0 Å². The third kappa shape index (κ3) is 5.34. The Morgan fingerprint density at radius 1 is 1.00 bits per heavy atom. The zero-order chi connectivity index (χ0) is 11.8. The summed E-state index contributed by atoms with van der Waals surface area (Å²) in [7, 11) is 0. The molecule has 3 unspecified atom stereocenters. The molecular weight excluding hydrogens is 196 g/mol. The van der Waals surface area contributed by atoms with E-state index in [4.69, 9.17) is 4.74 Å². The summed E-state index contributed by atoms with van der Waals surface area (Å²) in [5, 5.41) is 0. The lowest BCUT2D eigenvalue weighted by Gasteiger charge is -2.21. The summed E-state index contributed by atoms with van der Waals surface area (Å²) in [6.07, 6.45) is 9.48. The summed E-state index contributed by atoms with van der Waals surface area (Å²) in [6, 6.07) is 0. The van der Waals surface area contributed by atoms with E-state index in [1.54, 1.807) is 0 Å². The topological polar surface area (TPSA) is 9.23 Å². The zero-order valence-corrected chi connectivity index (χ0v) is 11.5. The van der Waals surface area contributed by atoms with Gasteiger partial charge in [-0.05, 0) is 30.6 Å². The molecule has 16 heavy (non-hydrogen) atoms. The predicted molar refractivity (Wildman–Crippen MR) is 70.6 cm³/mol. The first kappa shape index (κ1) is 14.0. The second kappa shape index (κ2) is 8.11. The largest absolute Gasteiger partial charge is 0.381 e. The normalized spacial score (nSPS) is 31.3. The molecule has 1 saturated carbocycles. The molecule has 0 saturated heterocycles. The highest BCUT2D eigenvalue weighted by Gasteiger charge is 2.22. The molecule has 0 aromatic carbocycles.